The van der Waals surface area contributed by atoms with Gasteiger partial charge >= 0.3 is 5.63 Å². The molecule has 0 aliphatic rings. The molecule has 0 unspecified atom stereocenters. The molecule has 0 spiro atoms. The summed E-state index contributed by atoms with van der Waals surface area (Å²) in [5.74, 6) is 0.149. The minimum atomic E-state index is -0.406. The van der Waals surface area contributed by atoms with Crippen molar-refractivity contribution >= 4 is 27.6 Å². The lowest BCUT2D eigenvalue weighted by Crippen LogP contribution is -2.28. The molecule has 134 valence electrons. The van der Waals surface area contributed by atoms with Gasteiger partial charge in [-0.05, 0) is 23.6 Å². The van der Waals surface area contributed by atoms with Crippen molar-refractivity contribution in [2.75, 3.05) is 6.61 Å². The second-order valence-electron chi connectivity index (χ2n) is 5.86. The largest absolute Gasteiger partial charge is 0.484 e. The maximum absolute atomic E-state index is 12.1. The number of fused-ring (bicyclic) bond motifs is 3. The van der Waals surface area contributed by atoms with Crippen LogP contribution < -0.4 is 15.7 Å². The van der Waals surface area contributed by atoms with E-state index in [1.165, 1.54) is 0 Å². The summed E-state index contributed by atoms with van der Waals surface area (Å²) in [5.41, 5.74) is 0.665. The molecule has 27 heavy (non-hydrogen) atoms. The van der Waals surface area contributed by atoms with Gasteiger partial charge in [-0.15, -0.1) is 0 Å². The van der Waals surface area contributed by atoms with Crippen molar-refractivity contribution < 1.29 is 13.9 Å². The number of amides is 1. The highest BCUT2D eigenvalue weighted by Crippen LogP contribution is 2.26. The first-order chi connectivity index (χ1) is 13.2. The van der Waals surface area contributed by atoms with E-state index < -0.39 is 5.63 Å². The molecule has 7 heteroatoms. The summed E-state index contributed by atoms with van der Waals surface area (Å²) in [7, 11) is 0. The maximum atomic E-state index is 12.1. The van der Waals surface area contributed by atoms with Crippen molar-refractivity contribution in [2.24, 2.45) is 0 Å². The van der Waals surface area contributed by atoms with Gasteiger partial charge in [-0.2, -0.15) is 0 Å². The van der Waals surface area contributed by atoms with Gasteiger partial charge in [-0.1, -0.05) is 18.2 Å². The third-order valence-corrected chi connectivity index (χ3v) is 4.05. The number of ether oxygens (including phenoxy) is 1. The van der Waals surface area contributed by atoms with Crippen LogP contribution in [0.1, 0.15) is 5.69 Å². The van der Waals surface area contributed by atoms with Crippen LogP contribution in [0.5, 0.6) is 5.75 Å². The number of nitrogens with one attached hydrogen (secondary N) is 1. The van der Waals surface area contributed by atoms with Crippen LogP contribution in [0.15, 0.2) is 70.3 Å². The Balaban J connectivity index is 1.47. The molecule has 2 aromatic heterocycles. The first-order valence-electron chi connectivity index (χ1n) is 8.31. The van der Waals surface area contributed by atoms with Crippen LogP contribution in [0, 0.1) is 0 Å². The summed E-state index contributed by atoms with van der Waals surface area (Å²) in [6.07, 6.45) is 4.71. The van der Waals surface area contributed by atoms with Crippen LogP contribution in [0.25, 0.3) is 21.7 Å². The number of nitrogens with zero attached hydrogens (tertiary/aromatic N) is 2. The lowest BCUT2D eigenvalue weighted by Gasteiger charge is -2.08. The first kappa shape index (κ1) is 16.7. The Hall–Kier alpha value is -3.74. The summed E-state index contributed by atoms with van der Waals surface area (Å²) in [6.45, 7) is 0.109. The number of carbonyl (C=O) groups excluding carboxylic acids is 1. The van der Waals surface area contributed by atoms with Crippen LogP contribution >= 0.6 is 0 Å². The summed E-state index contributed by atoms with van der Waals surface area (Å²) in [4.78, 5) is 32.0. The van der Waals surface area contributed by atoms with Gasteiger partial charge in [0.05, 0.1) is 23.8 Å². The Kier molecular flexibility index (Phi) is 4.49. The minimum absolute atomic E-state index is 0.163. The van der Waals surface area contributed by atoms with E-state index in [4.69, 9.17) is 9.15 Å². The number of hydrogen-bond donors (Lipinski definition) is 1. The summed E-state index contributed by atoms with van der Waals surface area (Å²) in [5, 5.41) is 4.86. The van der Waals surface area contributed by atoms with Gasteiger partial charge in [0.2, 0.25) is 0 Å². The van der Waals surface area contributed by atoms with E-state index in [9.17, 15) is 9.59 Å². The average molecular weight is 361 g/mol. The van der Waals surface area contributed by atoms with Crippen LogP contribution in [0.3, 0.4) is 0 Å². The Morgan fingerprint density at radius 1 is 1.07 bits per heavy atom. The Morgan fingerprint density at radius 2 is 1.93 bits per heavy atom. The van der Waals surface area contributed by atoms with Crippen molar-refractivity contribution in [3.63, 3.8) is 0 Å². The van der Waals surface area contributed by atoms with Crippen LogP contribution in [-0.2, 0) is 11.3 Å². The van der Waals surface area contributed by atoms with E-state index in [1.54, 1.807) is 42.9 Å². The molecule has 4 aromatic rings. The molecule has 4 rings (SSSR count). The van der Waals surface area contributed by atoms with Gasteiger partial charge in [0.1, 0.15) is 11.3 Å². The standard InChI is InChI=1S/C20H15N3O4/c24-19(23-11-13-10-21-7-8-22-13)12-26-14-5-6-16-15-3-1-2-4-17(15)20(25)27-18(16)9-14/h1-10H,11-12H2,(H,23,24). The highest BCUT2D eigenvalue weighted by atomic mass is 16.5. The van der Waals surface area contributed by atoms with E-state index >= 15 is 0 Å². The van der Waals surface area contributed by atoms with Crippen molar-refractivity contribution in [1.29, 1.82) is 0 Å². The molecule has 0 saturated carbocycles. The Labute approximate surface area is 153 Å². The number of carbonyl (C=O) groups is 1. The average Bonchev–Trinajstić information content (AvgIpc) is 2.71. The smallest absolute Gasteiger partial charge is 0.344 e. The molecular weight excluding hydrogens is 346 g/mol. The second kappa shape index (κ2) is 7.25. The van der Waals surface area contributed by atoms with E-state index in [0.717, 1.165) is 10.8 Å². The van der Waals surface area contributed by atoms with Gasteiger partial charge in [0, 0.05) is 23.8 Å². The zero-order valence-corrected chi connectivity index (χ0v) is 14.2. The topological polar surface area (TPSA) is 94.3 Å². The molecule has 0 bridgehead atoms. The molecule has 0 aliphatic carbocycles. The fraction of sp³-hybridized carbons (Fsp3) is 0.100. The zero-order chi connectivity index (χ0) is 18.6. The molecule has 0 radical (unpaired) electrons. The van der Waals surface area contributed by atoms with Gasteiger partial charge in [0.15, 0.2) is 6.61 Å². The summed E-state index contributed by atoms with van der Waals surface area (Å²) >= 11 is 0. The van der Waals surface area contributed by atoms with Gasteiger partial charge < -0.3 is 14.5 Å². The predicted octanol–water partition coefficient (Wildman–Crippen LogP) is 2.43. The Morgan fingerprint density at radius 3 is 2.74 bits per heavy atom. The predicted molar refractivity (Wildman–Crippen MR) is 99.4 cm³/mol. The first-order valence-corrected chi connectivity index (χ1v) is 8.31. The molecule has 1 N–H and O–H groups in total. The molecular formula is C20H15N3O4. The minimum Gasteiger partial charge on any atom is -0.484 e. The number of aromatic nitrogens is 2. The number of benzene rings is 2. The molecule has 7 nitrogen and oxygen atoms in total. The number of hydrogen-bond acceptors (Lipinski definition) is 6. The molecule has 1 amide bonds. The van der Waals surface area contributed by atoms with Crippen LogP contribution in [0.2, 0.25) is 0 Å². The lowest BCUT2D eigenvalue weighted by atomic mass is 10.1. The third kappa shape index (κ3) is 3.62. The van der Waals surface area contributed by atoms with Crippen molar-refractivity contribution in [3.8, 4) is 5.75 Å². The van der Waals surface area contributed by atoms with Gasteiger partial charge in [-0.3, -0.25) is 14.8 Å². The van der Waals surface area contributed by atoms with E-state index in [0.29, 0.717) is 22.4 Å². The van der Waals surface area contributed by atoms with Gasteiger partial charge in [-0.25, -0.2) is 4.79 Å². The van der Waals surface area contributed by atoms with E-state index in [1.807, 2.05) is 18.2 Å². The van der Waals surface area contributed by atoms with E-state index in [2.05, 4.69) is 15.3 Å². The van der Waals surface area contributed by atoms with Crippen molar-refractivity contribution in [3.05, 3.63) is 77.2 Å². The summed E-state index contributed by atoms with van der Waals surface area (Å²) < 4.78 is 10.9. The third-order valence-electron chi connectivity index (χ3n) is 4.05. The molecule has 0 aliphatic heterocycles. The van der Waals surface area contributed by atoms with Crippen LogP contribution in [0.4, 0.5) is 0 Å². The normalized spacial score (nSPS) is 10.8. The highest BCUT2D eigenvalue weighted by Gasteiger charge is 2.09. The van der Waals surface area contributed by atoms with E-state index in [-0.39, 0.29) is 19.1 Å². The quantitative estimate of drug-likeness (QED) is 0.433. The fourth-order valence-electron chi connectivity index (χ4n) is 2.76. The Bertz CT molecular complexity index is 1170. The molecule has 2 heterocycles. The second-order valence-corrected chi connectivity index (χ2v) is 5.86. The lowest BCUT2D eigenvalue weighted by molar-refractivity contribution is -0.123. The molecule has 0 fully saturated rings. The zero-order valence-electron chi connectivity index (χ0n) is 14.2. The maximum Gasteiger partial charge on any atom is 0.344 e. The molecule has 2 aromatic carbocycles. The number of rotatable bonds is 5. The summed E-state index contributed by atoms with van der Waals surface area (Å²) in [6, 6.07) is 12.4. The van der Waals surface area contributed by atoms with Crippen molar-refractivity contribution in [2.45, 2.75) is 6.54 Å². The van der Waals surface area contributed by atoms with Crippen molar-refractivity contribution in [1.82, 2.24) is 15.3 Å². The molecule has 0 saturated heterocycles. The van der Waals surface area contributed by atoms with Crippen LogP contribution in [-0.4, -0.2) is 22.5 Å². The highest BCUT2D eigenvalue weighted by molar-refractivity contribution is 6.04. The monoisotopic (exact) mass is 361 g/mol. The fourth-order valence-corrected chi connectivity index (χ4v) is 2.76. The van der Waals surface area contributed by atoms with Gasteiger partial charge in [0.25, 0.3) is 5.91 Å². The molecule has 0 atom stereocenters. The SMILES string of the molecule is O=C(COc1ccc2c(c1)oc(=O)c1ccccc12)NCc1cnccn1.